The lowest BCUT2D eigenvalue weighted by Gasteiger charge is -2.44. The van der Waals surface area contributed by atoms with E-state index >= 15 is 0 Å². The summed E-state index contributed by atoms with van der Waals surface area (Å²) in [6.45, 7) is 6.14. The number of benzene rings is 1. The van der Waals surface area contributed by atoms with Gasteiger partial charge in [0.15, 0.2) is 0 Å². The lowest BCUT2D eigenvalue weighted by molar-refractivity contribution is -0.137. The minimum absolute atomic E-state index is 0.109. The van der Waals surface area contributed by atoms with Crippen molar-refractivity contribution in [3.63, 3.8) is 0 Å². The van der Waals surface area contributed by atoms with Crippen LogP contribution in [0.1, 0.15) is 39.2 Å². The number of halogens is 4. The van der Waals surface area contributed by atoms with Crippen molar-refractivity contribution in [1.82, 2.24) is 4.90 Å². The molecule has 1 aliphatic rings. The third-order valence-corrected chi connectivity index (χ3v) is 4.65. The number of amides is 1. The van der Waals surface area contributed by atoms with Gasteiger partial charge in [-0.1, -0.05) is 32.4 Å². The van der Waals surface area contributed by atoms with Gasteiger partial charge in [-0.05, 0) is 23.6 Å². The van der Waals surface area contributed by atoms with E-state index in [0.717, 1.165) is 12.1 Å². The predicted molar refractivity (Wildman–Crippen MR) is 88.1 cm³/mol. The number of alkyl halides is 3. The first-order valence-corrected chi connectivity index (χ1v) is 8.30. The minimum atomic E-state index is -4.47. The SMILES string of the molecule is CC(C)(C)C1CC(Oc2ccc(C(F)(F)F)cc2Cl)CCN1C(=O)O. The van der Waals surface area contributed by atoms with Gasteiger partial charge in [-0.3, -0.25) is 0 Å². The average Bonchev–Trinajstić information content (AvgIpc) is 2.47. The summed E-state index contributed by atoms with van der Waals surface area (Å²) in [6, 6.07) is 2.72. The molecule has 0 saturated carbocycles. The first-order valence-electron chi connectivity index (χ1n) is 7.92. The van der Waals surface area contributed by atoms with E-state index in [2.05, 4.69) is 0 Å². The Bertz CT molecular complexity index is 643. The summed E-state index contributed by atoms with van der Waals surface area (Å²) in [7, 11) is 0. The molecule has 2 atom stereocenters. The van der Waals surface area contributed by atoms with Crippen LogP contribution in [0.4, 0.5) is 18.0 Å². The molecule has 1 amide bonds. The molecule has 2 rings (SSSR count). The van der Waals surface area contributed by atoms with Gasteiger partial charge < -0.3 is 14.7 Å². The van der Waals surface area contributed by atoms with Gasteiger partial charge in [0.05, 0.1) is 10.6 Å². The number of nitrogens with zero attached hydrogens (tertiary/aromatic N) is 1. The summed E-state index contributed by atoms with van der Waals surface area (Å²) >= 11 is 5.93. The minimum Gasteiger partial charge on any atom is -0.489 e. The molecule has 0 bridgehead atoms. The molecule has 25 heavy (non-hydrogen) atoms. The van der Waals surface area contributed by atoms with Gasteiger partial charge in [-0.25, -0.2) is 4.79 Å². The number of hydrogen-bond acceptors (Lipinski definition) is 2. The molecule has 1 heterocycles. The Morgan fingerprint density at radius 1 is 1.32 bits per heavy atom. The number of carboxylic acid groups (broad SMARTS) is 1. The average molecular weight is 380 g/mol. The number of hydrogen-bond donors (Lipinski definition) is 1. The van der Waals surface area contributed by atoms with E-state index in [1.54, 1.807) is 0 Å². The molecule has 0 radical (unpaired) electrons. The van der Waals surface area contributed by atoms with Crippen LogP contribution in [0.25, 0.3) is 0 Å². The molecule has 1 N–H and O–H groups in total. The topological polar surface area (TPSA) is 49.8 Å². The Hall–Kier alpha value is -1.63. The van der Waals surface area contributed by atoms with Gasteiger partial charge in [0.1, 0.15) is 11.9 Å². The van der Waals surface area contributed by atoms with Crippen LogP contribution in [0.2, 0.25) is 5.02 Å². The summed E-state index contributed by atoms with van der Waals surface area (Å²) < 4.78 is 43.9. The van der Waals surface area contributed by atoms with Crippen molar-refractivity contribution < 1.29 is 27.8 Å². The molecular weight excluding hydrogens is 359 g/mol. The molecule has 2 unspecified atom stereocenters. The predicted octanol–water partition coefficient (Wildman–Crippen LogP) is 5.29. The van der Waals surface area contributed by atoms with Gasteiger partial charge in [0, 0.05) is 25.4 Å². The summed E-state index contributed by atoms with van der Waals surface area (Å²) in [5.74, 6) is 0.177. The van der Waals surface area contributed by atoms with Crippen LogP contribution in [-0.2, 0) is 6.18 Å². The molecule has 1 aromatic carbocycles. The van der Waals surface area contributed by atoms with Gasteiger partial charge in [0.2, 0.25) is 0 Å². The second kappa shape index (κ2) is 6.94. The number of likely N-dealkylation sites (tertiary alicyclic amines) is 1. The molecule has 1 fully saturated rings. The van der Waals surface area contributed by atoms with Crippen molar-refractivity contribution >= 4 is 17.7 Å². The molecular formula is C17H21ClF3NO3. The Balaban J connectivity index is 2.15. The van der Waals surface area contributed by atoms with Crippen molar-refractivity contribution in [2.45, 2.75) is 51.9 Å². The Morgan fingerprint density at radius 2 is 1.96 bits per heavy atom. The fraction of sp³-hybridized carbons (Fsp3) is 0.588. The zero-order valence-corrected chi connectivity index (χ0v) is 15.0. The third-order valence-electron chi connectivity index (χ3n) is 4.35. The van der Waals surface area contributed by atoms with E-state index in [1.807, 2.05) is 20.8 Å². The fourth-order valence-corrected chi connectivity index (χ4v) is 3.27. The smallest absolute Gasteiger partial charge is 0.416 e. The number of piperidine rings is 1. The van der Waals surface area contributed by atoms with Crippen LogP contribution in [0.5, 0.6) is 5.75 Å². The first-order chi connectivity index (χ1) is 11.4. The summed E-state index contributed by atoms with van der Waals surface area (Å²) in [4.78, 5) is 12.8. The molecule has 1 saturated heterocycles. The molecule has 0 aromatic heterocycles. The summed E-state index contributed by atoms with van der Waals surface area (Å²) in [6.07, 6.45) is -4.85. The third kappa shape index (κ3) is 4.71. The highest BCUT2D eigenvalue weighted by molar-refractivity contribution is 6.32. The lowest BCUT2D eigenvalue weighted by atomic mass is 9.80. The Kier molecular flexibility index (Phi) is 5.47. The van der Waals surface area contributed by atoms with Crippen LogP contribution in [0.15, 0.2) is 18.2 Å². The first kappa shape index (κ1) is 19.7. The molecule has 1 aromatic rings. The lowest BCUT2D eigenvalue weighted by Crippen LogP contribution is -2.53. The molecule has 0 aliphatic carbocycles. The normalized spacial score (nSPS) is 22.0. The van der Waals surface area contributed by atoms with E-state index in [1.165, 1.54) is 11.0 Å². The number of ether oxygens (including phenoxy) is 1. The largest absolute Gasteiger partial charge is 0.489 e. The van der Waals surface area contributed by atoms with Crippen LogP contribution >= 0.6 is 11.6 Å². The quantitative estimate of drug-likeness (QED) is 0.759. The summed E-state index contributed by atoms with van der Waals surface area (Å²) in [5, 5.41) is 9.25. The van der Waals surface area contributed by atoms with Crippen molar-refractivity contribution in [2.75, 3.05) is 6.54 Å². The highest BCUT2D eigenvalue weighted by Crippen LogP contribution is 2.37. The van der Waals surface area contributed by atoms with Gasteiger partial charge in [-0.15, -0.1) is 0 Å². The maximum atomic E-state index is 12.7. The van der Waals surface area contributed by atoms with Crippen LogP contribution in [0.3, 0.4) is 0 Å². The van der Waals surface area contributed by atoms with E-state index in [9.17, 15) is 23.1 Å². The standard InChI is InChI=1S/C17H21ClF3NO3/c1-16(2,3)14-9-11(6-7-22(14)15(23)24)25-13-5-4-10(8-12(13)18)17(19,20)21/h4-5,8,11,14H,6-7,9H2,1-3H3,(H,23,24). The maximum absolute atomic E-state index is 12.7. The van der Waals surface area contributed by atoms with Crippen molar-refractivity contribution in [3.8, 4) is 5.75 Å². The number of rotatable bonds is 2. The molecule has 0 spiro atoms. The van der Waals surface area contributed by atoms with Crippen LogP contribution in [-0.4, -0.2) is 34.8 Å². The van der Waals surface area contributed by atoms with Crippen LogP contribution in [0, 0.1) is 5.41 Å². The maximum Gasteiger partial charge on any atom is 0.416 e. The van der Waals surface area contributed by atoms with E-state index in [4.69, 9.17) is 16.3 Å². The zero-order valence-electron chi connectivity index (χ0n) is 14.2. The van der Waals surface area contributed by atoms with E-state index in [-0.39, 0.29) is 28.3 Å². The fourth-order valence-electron chi connectivity index (χ4n) is 3.04. The van der Waals surface area contributed by atoms with Crippen molar-refractivity contribution in [3.05, 3.63) is 28.8 Å². The monoisotopic (exact) mass is 379 g/mol. The zero-order chi connectivity index (χ0) is 19.0. The van der Waals surface area contributed by atoms with E-state index in [0.29, 0.717) is 19.4 Å². The number of carbonyl (C=O) groups is 1. The van der Waals surface area contributed by atoms with Crippen molar-refractivity contribution in [2.24, 2.45) is 5.41 Å². The Labute approximate surface area is 149 Å². The highest BCUT2D eigenvalue weighted by Gasteiger charge is 2.39. The van der Waals surface area contributed by atoms with Gasteiger partial charge >= 0.3 is 12.3 Å². The molecule has 140 valence electrons. The molecule has 8 heteroatoms. The van der Waals surface area contributed by atoms with Crippen molar-refractivity contribution in [1.29, 1.82) is 0 Å². The second-order valence-corrected chi connectivity index (χ2v) is 7.67. The van der Waals surface area contributed by atoms with Gasteiger partial charge in [-0.2, -0.15) is 13.2 Å². The summed E-state index contributed by atoms with van der Waals surface area (Å²) in [5.41, 5.74) is -1.12. The Morgan fingerprint density at radius 3 is 2.44 bits per heavy atom. The van der Waals surface area contributed by atoms with Gasteiger partial charge in [0.25, 0.3) is 0 Å². The molecule has 4 nitrogen and oxygen atoms in total. The second-order valence-electron chi connectivity index (χ2n) is 7.26. The highest BCUT2D eigenvalue weighted by atomic mass is 35.5. The van der Waals surface area contributed by atoms with E-state index < -0.39 is 17.8 Å². The van der Waals surface area contributed by atoms with Crippen LogP contribution < -0.4 is 4.74 Å². The molecule has 1 aliphatic heterocycles.